The van der Waals surface area contributed by atoms with Crippen LogP contribution in [-0.2, 0) is 9.59 Å². The fourth-order valence-corrected chi connectivity index (χ4v) is 3.11. The predicted octanol–water partition coefficient (Wildman–Crippen LogP) is 0.181. The van der Waals surface area contributed by atoms with Crippen molar-refractivity contribution >= 4 is 29.0 Å². The molecule has 0 aromatic heterocycles. The predicted molar refractivity (Wildman–Crippen MR) is 71.9 cm³/mol. The van der Waals surface area contributed by atoms with Crippen LogP contribution >= 0.6 is 12.2 Å². The average molecular weight is 269 g/mol. The third kappa shape index (κ3) is 2.34. The second-order valence-electron chi connectivity index (χ2n) is 5.05. The zero-order valence-corrected chi connectivity index (χ0v) is 11.2. The lowest BCUT2D eigenvalue weighted by Gasteiger charge is -2.32. The second kappa shape index (κ2) is 5.22. The molecule has 1 aliphatic heterocycles. The minimum Gasteiger partial charge on any atom is -0.392 e. The molecule has 6 heteroatoms. The van der Waals surface area contributed by atoms with Crippen molar-refractivity contribution in [1.82, 2.24) is 10.2 Å². The maximum atomic E-state index is 12.6. The molecule has 100 valence electrons. The summed E-state index contributed by atoms with van der Waals surface area (Å²) in [5, 5.41) is 2.76. The molecule has 2 rings (SSSR count). The Kier molecular flexibility index (Phi) is 3.85. The minimum atomic E-state index is -0.650. The van der Waals surface area contributed by atoms with Crippen molar-refractivity contribution in [2.75, 3.05) is 19.6 Å². The Balaban J connectivity index is 2.13. The van der Waals surface area contributed by atoms with Gasteiger partial charge in [-0.3, -0.25) is 9.59 Å². The van der Waals surface area contributed by atoms with E-state index in [0.29, 0.717) is 31.0 Å². The number of hydrogen-bond acceptors (Lipinski definition) is 3. The van der Waals surface area contributed by atoms with E-state index in [1.807, 2.05) is 0 Å². The van der Waals surface area contributed by atoms with Gasteiger partial charge in [0.05, 0.1) is 10.4 Å². The van der Waals surface area contributed by atoms with E-state index >= 15 is 0 Å². The van der Waals surface area contributed by atoms with E-state index in [-0.39, 0.29) is 11.8 Å². The number of nitrogens with one attached hydrogen (secondary N) is 1. The number of hydrogen-bond donors (Lipinski definition) is 2. The van der Waals surface area contributed by atoms with E-state index in [1.165, 1.54) is 0 Å². The number of nitrogens with two attached hydrogens (primary N) is 1. The molecule has 1 aliphatic carbocycles. The Bertz CT molecular complexity index is 378. The molecule has 2 aliphatic rings. The number of thiocarbonyl (C=S) groups is 1. The fourth-order valence-electron chi connectivity index (χ4n) is 2.82. The molecular weight excluding hydrogens is 250 g/mol. The van der Waals surface area contributed by atoms with Crippen LogP contribution in [-0.4, -0.2) is 41.3 Å². The van der Waals surface area contributed by atoms with Crippen molar-refractivity contribution in [3.63, 3.8) is 0 Å². The highest BCUT2D eigenvalue weighted by molar-refractivity contribution is 7.80. The van der Waals surface area contributed by atoms with Gasteiger partial charge in [0.15, 0.2) is 0 Å². The van der Waals surface area contributed by atoms with Gasteiger partial charge in [0.2, 0.25) is 11.8 Å². The quantitative estimate of drug-likeness (QED) is 0.701. The first-order valence-corrected chi connectivity index (χ1v) is 6.83. The zero-order valence-electron chi connectivity index (χ0n) is 10.4. The highest BCUT2D eigenvalue weighted by atomic mass is 32.1. The first kappa shape index (κ1) is 13.3. The van der Waals surface area contributed by atoms with Crippen LogP contribution in [0.2, 0.25) is 0 Å². The van der Waals surface area contributed by atoms with Gasteiger partial charge in [-0.05, 0) is 12.8 Å². The molecule has 18 heavy (non-hydrogen) atoms. The number of carbonyl (C=O) groups excluding carboxylic acids is 2. The van der Waals surface area contributed by atoms with Crippen LogP contribution in [0, 0.1) is 5.41 Å². The molecule has 0 aromatic rings. The summed E-state index contributed by atoms with van der Waals surface area (Å²) in [5.74, 6) is 0.0186. The number of nitrogens with zero attached hydrogens (tertiary/aromatic N) is 1. The van der Waals surface area contributed by atoms with Crippen molar-refractivity contribution in [3.05, 3.63) is 0 Å². The van der Waals surface area contributed by atoms with E-state index in [1.54, 1.807) is 4.90 Å². The Labute approximate surface area is 112 Å². The molecule has 1 heterocycles. The Morgan fingerprint density at radius 1 is 1.33 bits per heavy atom. The summed E-state index contributed by atoms with van der Waals surface area (Å²) in [5.41, 5.74) is 5.16. The van der Waals surface area contributed by atoms with E-state index in [9.17, 15) is 9.59 Å². The largest absolute Gasteiger partial charge is 0.392 e. The Hall–Kier alpha value is -1.17. The second-order valence-corrected chi connectivity index (χ2v) is 5.49. The standard InChI is InChI=1S/C12H19N3O2S/c13-10(18)12(4-1-2-5-12)11(17)15-7-3-9(16)14-6-8-15/h1-8H2,(H2,13,18)(H,14,16). The Morgan fingerprint density at radius 2 is 2.00 bits per heavy atom. The van der Waals surface area contributed by atoms with Crippen molar-refractivity contribution < 1.29 is 9.59 Å². The van der Waals surface area contributed by atoms with Crippen LogP contribution in [0.3, 0.4) is 0 Å². The van der Waals surface area contributed by atoms with Crippen molar-refractivity contribution in [2.45, 2.75) is 32.1 Å². The Morgan fingerprint density at radius 3 is 2.61 bits per heavy atom. The maximum absolute atomic E-state index is 12.6. The molecule has 0 radical (unpaired) electrons. The van der Waals surface area contributed by atoms with E-state index in [0.717, 1.165) is 25.7 Å². The van der Waals surface area contributed by atoms with E-state index < -0.39 is 5.41 Å². The normalized spacial score (nSPS) is 23.3. The lowest BCUT2D eigenvalue weighted by Crippen LogP contribution is -2.50. The molecule has 3 N–H and O–H groups in total. The molecule has 1 saturated heterocycles. The first-order valence-electron chi connectivity index (χ1n) is 6.42. The SMILES string of the molecule is NC(=S)C1(C(=O)N2CCNC(=O)CC2)CCCC1. The van der Waals surface area contributed by atoms with Crippen LogP contribution in [0.25, 0.3) is 0 Å². The molecule has 0 spiro atoms. The summed E-state index contributed by atoms with van der Waals surface area (Å²) in [6.07, 6.45) is 3.85. The molecule has 2 fully saturated rings. The summed E-state index contributed by atoms with van der Waals surface area (Å²) in [6.45, 7) is 1.53. The van der Waals surface area contributed by atoms with Gasteiger partial charge < -0.3 is 16.0 Å². The molecule has 5 nitrogen and oxygen atoms in total. The smallest absolute Gasteiger partial charge is 0.235 e. The topological polar surface area (TPSA) is 75.4 Å². The molecule has 0 aromatic carbocycles. The van der Waals surface area contributed by atoms with Crippen LogP contribution in [0.4, 0.5) is 0 Å². The van der Waals surface area contributed by atoms with Gasteiger partial charge in [-0.15, -0.1) is 0 Å². The summed E-state index contributed by atoms with van der Waals surface area (Å²) in [4.78, 5) is 26.0. The van der Waals surface area contributed by atoms with Gasteiger partial charge >= 0.3 is 0 Å². The van der Waals surface area contributed by atoms with Gasteiger partial charge in [0.1, 0.15) is 0 Å². The molecule has 0 atom stereocenters. The average Bonchev–Trinajstić information content (AvgIpc) is 2.74. The lowest BCUT2D eigenvalue weighted by molar-refractivity contribution is -0.137. The summed E-state index contributed by atoms with van der Waals surface area (Å²) < 4.78 is 0. The van der Waals surface area contributed by atoms with Gasteiger partial charge in [0.25, 0.3) is 0 Å². The summed E-state index contributed by atoms with van der Waals surface area (Å²) in [7, 11) is 0. The monoisotopic (exact) mass is 269 g/mol. The third-order valence-corrected chi connectivity index (χ3v) is 4.33. The lowest BCUT2D eigenvalue weighted by atomic mass is 9.84. The highest BCUT2D eigenvalue weighted by Crippen LogP contribution is 2.40. The van der Waals surface area contributed by atoms with Crippen LogP contribution < -0.4 is 11.1 Å². The third-order valence-electron chi connectivity index (χ3n) is 3.94. The molecule has 0 bridgehead atoms. The van der Waals surface area contributed by atoms with Gasteiger partial charge in [-0.1, -0.05) is 25.1 Å². The van der Waals surface area contributed by atoms with Crippen LogP contribution in [0.1, 0.15) is 32.1 Å². The maximum Gasteiger partial charge on any atom is 0.235 e. The highest BCUT2D eigenvalue weighted by Gasteiger charge is 2.46. The van der Waals surface area contributed by atoms with E-state index in [4.69, 9.17) is 18.0 Å². The number of carbonyl (C=O) groups is 2. The van der Waals surface area contributed by atoms with Gasteiger partial charge in [-0.2, -0.15) is 0 Å². The fraction of sp³-hybridized carbons (Fsp3) is 0.750. The molecule has 0 unspecified atom stereocenters. The molecule has 2 amide bonds. The summed E-state index contributed by atoms with van der Waals surface area (Å²) >= 11 is 5.12. The van der Waals surface area contributed by atoms with Crippen molar-refractivity contribution in [3.8, 4) is 0 Å². The first-order chi connectivity index (χ1) is 8.56. The minimum absolute atomic E-state index is 0.00102. The summed E-state index contributed by atoms with van der Waals surface area (Å²) in [6, 6.07) is 0. The van der Waals surface area contributed by atoms with E-state index in [2.05, 4.69) is 5.32 Å². The molecule has 1 saturated carbocycles. The van der Waals surface area contributed by atoms with Crippen molar-refractivity contribution in [2.24, 2.45) is 11.1 Å². The number of rotatable bonds is 2. The van der Waals surface area contributed by atoms with Crippen LogP contribution in [0.5, 0.6) is 0 Å². The number of amides is 2. The molecular formula is C12H19N3O2S. The zero-order chi connectivity index (χ0) is 13.2. The van der Waals surface area contributed by atoms with Gasteiger partial charge in [-0.25, -0.2) is 0 Å². The van der Waals surface area contributed by atoms with Gasteiger partial charge in [0, 0.05) is 26.1 Å². The van der Waals surface area contributed by atoms with Crippen molar-refractivity contribution in [1.29, 1.82) is 0 Å². The van der Waals surface area contributed by atoms with Crippen LogP contribution in [0.15, 0.2) is 0 Å².